The van der Waals surface area contributed by atoms with Crippen LogP contribution in [0.15, 0.2) is 40.4 Å². The smallest absolute Gasteiger partial charge is 0.267 e. The maximum Gasteiger partial charge on any atom is 0.267 e. The molecule has 0 radical (unpaired) electrons. The number of benzene rings is 1. The number of hydrogen-bond donors (Lipinski definition) is 1. The number of carbonyl (C=O) groups is 1. The van der Waals surface area contributed by atoms with Gasteiger partial charge in [-0.3, -0.25) is 4.79 Å². The van der Waals surface area contributed by atoms with Gasteiger partial charge in [-0.15, -0.1) is 0 Å². The summed E-state index contributed by atoms with van der Waals surface area (Å²) in [6.45, 7) is 1.71. The van der Waals surface area contributed by atoms with Gasteiger partial charge in [-0.2, -0.15) is 5.26 Å². The number of nitrogens with one attached hydrogen (secondary N) is 1. The molecule has 2 aromatic rings. The molecule has 1 aromatic heterocycles. The number of aromatic nitrogens is 1. The van der Waals surface area contributed by atoms with E-state index >= 15 is 0 Å². The fraction of sp³-hybridized carbons (Fsp3) is 0.133. The Morgan fingerprint density at radius 3 is 2.67 bits per heavy atom. The van der Waals surface area contributed by atoms with Crippen LogP contribution in [0.4, 0.5) is 5.82 Å². The van der Waals surface area contributed by atoms with Gasteiger partial charge < -0.3 is 14.6 Å². The van der Waals surface area contributed by atoms with Gasteiger partial charge in [-0.05, 0) is 30.7 Å². The van der Waals surface area contributed by atoms with Gasteiger partial charge in [0, 0.05) is 6.07 Å². The maximum atomic E-state index is 12.0. The quantitative estimate of drug-likeness (QED) is 0.688. The van der Waals surface area contributed by atoms with Crippen LogP contribution in [0.3, 0.4) is 0 Å². The fourth-order valence-electron chi connectivity index (χ4n) is 1.62. The summed E-state index contributed by atoms with van der Waals surface area (Å²) in [4.78, 5) is 12.0. The van der Waals surface area contributed by atoms with Crippen molar-refractivity contribution in [3.05, 3.63) is 47.2 Å². The average molecular weight is 283 g/mol. The predicted molar refractivity (Wildman–Crippen MR) is 76.5 cm³/mol. The molecule has 21 heavy (non-hydrogen) atoms. The summed E-state index contributed by atoms with van der Waals surface area (Å²) in [5.74, 6) is 1.01. The Labute approximate surface area is 121 Å². The standard InChI is InChI=1S/C15H13N3O3/c1-10-7-14(18-21-10)17-15(19)12(9-16)8-11-3-5-13(20-2)6-4-11/h3-8H,1-2H3,(H,17,18,19)/b12-8-. The topological polar surface area (TPSA) is 88.1 Å². The number of ether oxygens (including phenoxy) is 1. The number of rotatable bonds is 4. The normalized spacial score (nSPS) is 10.8. The van der Waals surface area contributed by atoms with Crippen molar-refractivity contribution in [3.8, 4) is 11.8 Å². The van der Waals surface area contributed by atoms with Gasteiger partial charge in [-0.1, -0.05) is 17.3 Å². The molecule has 1 amide bonds. The molecule has 1 aromatic carbocycles. The van der Waals surface area contributed by atoms with Gasteiger partial charge in [0.05, 0.1) is 7.11 Å². The Kier molecular flexibility index (Phi) is 4.36. The zero-order valence-corrected chi connectivity index (χ0v) is 11.6. The summed E-state index contributed by atoms with van der Waals surface area (Å²) in [6.07, 6.45) is 1.49. The van der Waals surface area contributed by atoms with E-state index in [0.717, 1.165) is 5.56 Å². The number of aryl methyl sites for hydroxylation is 1. The molecule has 1 N–H and O–H groups in total. The van der Waals surface area contributed by atoms with E-state index in [0.29, 0.717) is 11.5 Å². The van der Waals surface area contributed by atoms with E-state index in [2.05, 4.69) is 10.5 Å². The molecule has 0 aliphatic heterocycles. The van der Waals surface area contributed by atoms with Crippen molar-refractivity contribution >= 4 is 17.8 Å². The Bertz CT molecular complexity index is 709. The van der Waals surface area contributed by atoms with Crippen LogP contribution in [-0.4, -0.2) is 18.2 Å². The first kappa shape index (κ1) is 14.3. The molecule has 2 rings (SSSR count). The van der Waals surface area contributed by atoms with Gasteiger partial charge in [0.2, 0.25) is 0 Å². The average Bonchev–Trinajstić information content (AvgIpc) is 2.90. The van der Waals surface area contributed by atoms with Crippen LogP contribution in [0.25, 0.3) is 6.08 Å². The number of nitrogens with zero attached hydrogens (tertiary/aromatic N) is 2. The zero-order valence-electron chi connectivity index (χ0n) is 11.6. The number of nitriles is 1. The Morgan fingerprint density at radius 1 is 1.43 bits per heavy atom. The highest BCUT2D eigenvalue weighted by atomic mass is 16.5. The van der Waals surface area contributed by atoms with Crippen LogP contribution in [-0.2, 0) is 4.79 Å². The number of hydrogen-bond acceptors (Lipinski definition) is 5. The lowest BCUT2D eigenvalue weighted by Crippen LogP contribution is -2.13. The summed E-state index contributed by atoms with van der Waals surface area (Å²) in [7, 11) is 1.57. The number of carbonyl (C=O) groups excluding carboxylic acids is 1. The minimum atomic E-state index is -0.540. The highest BCUT2D eigenvalue weighted by Crippen LogP contribution is 2.15. The molecule has 6 heteroatoms. The van der Waals surface area contributed by atoms with Crippen molar-refractivity contribution in [1.82, 2.24) is 5.16 Å². The molecule has 0 unspecified atom stereocenters. The van der Waals surface area contributed by atoms with Crippen molar-refractivity contribution in [2.45, 2.75) is 6.92 Å². The van der Waals surface area contributed by atoms with E-state index in [1.807, 2.05) is 6.07 Å². The largest absolute Gasteiger partial charge is 0.497 e. The van der Waals surface area contributed by atoms with Crippen molar-refractivity contribution < 1.29 is 14.1 Å². The summed E-state index contributed by atoms with van der Waals surface area (Å²) in [5, 5.41) is 15.2. The van der Waals surface area contributed by atoms with E-state index in [9.17, 15) is 4.79 Å². The molecular formula is C15H13N3O3. The van der Waals surface area contributed by atoms with Gasteiger partial charge in [0.15, 0.2) is 5.82 Å². The Balaban J connectivity index is 2.15. The van der Waals surface area contributed by atoms with Crippen molar-refractivity contribution in [2.75, 3.05) is 12.4 Å². The molecule has 0 aliphatic carbocycles. The minimum Gasteiger partial charge on any atom is -0.497 e. The van der Waals surface area contributed by atoms with Crippen LogP contribution >= 0.6 is 0 Å². The molecule has 0 atom stereocenters. The monoisotopic (exact) mass is 283 g/mol. The first-order valence-electron chi connectivity index (χ1n) is 6.13. The first-order chi connectivity index (χ1) is 10.1. The predicted octanol–water partition coefficient (Wildman–Crippen LogP) is 2.54. The lowest BCUT2D eigenvalue weighted by atomic mass is 10.1. The van der Waals surface area contributed by atoms with E-state index in [1.165, 1.54) is 6.08 Å². The third-order valence-electron chi connectivity index (χ3n) is 2.66. The van der Waals surface area contributed by atoms with Gasteiger partial charge in [-0.25, -0.2) is 0 Å². The lowest BCUT2D eigenvalue weighted by Gasteiger charge is -2.01. The van der Waals surface area contributed by atoms with Crippen molar-refractivity contribution in [1.29, 1.82) is 5.26 Å². The minimum absolute atomic E-state index is 0.0270. The fourth-order valence-corrected chi connectivity index (χ4v) is 1.62. The third-order valence-corrected chi connectivity index (χ3v) is 2.66. The second kappa shape index (κ2) is 6.39. The molecule has 106 valence electrons. The summed E-state index contributed by atoms with van der Waals surface area (Å²) < 4.78 is 9.89. The molecule has 0 bridgehead atoms. The van der Waals surface area contributed by atoms with Gasteiger partial charge in [0.1, 0.15) is 23.2 Å². The highest BCUT2D eigenvalue weighted by molar-refractivity contribution is 6.09. The summed E-state index contributed by atoms with van der Waals surface area (Å²) in [5.41, 5.74) is 0.694. The molecule has 0 aliphatic rings. The Hall–Kier alpha value is -3.07. The van der Waals surface area contributed by atoms with E-state index in [1.54, 1.807) is 44.4 Å². The van der Waals surface area contributed by atoms with E-state index < -0.39 is 5.91 Å². The highest BCUT2D eigenvalue weighted by Gasteiger charge is 2.11. The van der Waals surface area contributed by atoms with Crippen LogP contribution in [0.2, 0.25) is 0 Å². The maximum absolute atomic E-state index is 12.0. The lowest BCUT2D eigenvalue weighted by molar-refractivity contribution is -0.112. The molecular weight excluding hydrogens is 270 g/mol. The molecule has 0 spiro atoms. The number of methoxy groups -OCH3 is 1. The van der Waals surface area contributed by atoms with Crippen LogP contribution in [0, 0.1) is 18.3 Å². The second-order valence-corrected chi connectivity index (χ2v) is 4.22. The van der Waals surface area contributed by atoms with Gasteiger partial charge >= 0.3 is 0 Å². The van der Waals surface area contributed by atoms with Crippen molar-refractivity contribution in [3.63, 3.8) is 0 Å². The molecule has 0 fully saturated rings. The SMILES string of the molecule is COc1ccc(/C=C(/C#N)C(=O)Nc2cc(C)on2)cc1. The van der Waals surface area contributed by atoms with Crippen molar-refractivity contribution in [2.24, 2.45) is 0 Å². The zero-order chi connectivity index (χ0) is 15.2. The molecule has 0 saturated heterocycles. The summed E-state index contributed by atoms with van der Waals surface area (Å²) >= 11 is 0. The van der Waals surface area contributed by atoms with Gasteiger partial charge in [0.25, 0.3) is 5.91 Å². The molecule has 1 heterocycles. The third kappa shape index (κ3) is 3.70. The Morgan fingerprint density at radius 2 is 2.14 bits per heavy atom. The van der Waals surface area contributed by atoms with Crippen LogP contribution in [0.1, 0.15) is 11.3 Å². The first-order valence-corrected chi connectivity index (χ1v) is 6.13. The summed E-state index contributed by atoms with van der Waals surface area (Å²) in [6, 6.07) is 10.4. The van der Waals surface area contributed by atoms with Crippen LogP contribution in [0.5, 0.6) is 5.75 Å². The molecule has 6 nitrogen and oxygen atoms in total. The van der Waals surface area contributed by atoms with E-state index in [4.69, 9.17) is 14.5 Å². The van der Waals surface area contributed by atoms with E-state index in [-0.39, 0.29) is 11.4 Å². The number of amides is 1. The second-order valence-electron chi connectivity index (χ2n) is 4.22. The van der Waals surface area contributed by atoms with Crippen LogP contribution < -0.4 is 10.1 Å². The molecule has 0 saturated carbocycles. The number of anilines is 1.